The van der Waals surface area contributed by atoms with Crippen molar-refractivity contribution in [1.29, 1.82) is 0 Å². The summed E-state index contributed by atoms with van der Waals surface area (Å²) in [5, 5.41) is 0. The number of methoxy groups -OCH3 is 1. The predicted molar refractivity (Wildman–Crippen MR) is 129 cm³/mol. The number of nitrogens with zero attached hydrogens (tertiary/aromatic N) is 3. The number of ether oxygens (including phenoxy) is 2. The van der Waals surface area contributed by atoms with Crippen molar-refractivity contribution < 1.29 is 14.3 Å². The average Bonchev–Trinajstić information content (AvgIpc) is 3.43. The van der Waals surface area contributed by atoms with Crippen LogP contribution in [0.3, 0.4) is 0 Å². The topological polar surface area (TPSA) is 56.6 Å². The van der Waals surface area contributed by atoms with E-state index in [1.54, 1.807) is 7.11 Å². The van der Waals surface area contributed by atoms with E-state index in [2.05, 4.69) is 27.7 Å². The van der Waals surface area contributed by atoms with Crippen molar-refractivity contribution in [2.75, 3.05) is 20.3 Å². The SMILES string of the molecule is COc1ccc(OCCCn2c(C3CC(=O)N(C4CCCCC4)C3)nc3ccccc32)cc1. The molecular formula is C27H33N3O3. The average molecular weight is 448 g/mol. The molecule has 1 atom stereocenters. The van der Waals surface area contributed by atoms with Crippen molar-refractivity contribution in [3.63, 3.8) is 0 Å². The van der Waals surface area contributed by atoms with E-state index < -0.39 is 0 Å². The van der Waals surface area contributed by atoms with Crippen molar-refractivity contribution >= 4 is 16.9 Å². The van der Waals surface area contributed by atoms with Gasteiger partial charge in [0, 0.05) is 31.5 Å². The maximum atomic E-state index is 12.9. The lowest BCUT2D eigenvalue weighted by Gasteiger charge is -2.31. The van der Waals surface area contributed by atoms with E-state index in [4.69, 9.17) is 14.5 Å². The number of para-hydroxylation sites is 2. The van der Waals surface area contributed by atoms with Crippen molar-refractivity contribution in [2.45, 2.75) is 63.5 Å². The van der Waals surface area contributed by atoms with Gasteiger partial charge in [0.05, 0.1) is 24.8 Å². The molecule has 174 valence electrons. The highest BCUT2D eigenvalue weighted by molar-refractivity contribution is 5.81. The molecule has 3 aromatic rings. The molecule has 0 spiro atoms. The van der Waals surface area contributed by atoms with Crippen molar-refractivity contribution in [2.24, 2.45) is 0 Å². The molecule has 0 bridgehead atoms. The number of aryl methyl sites for hydroxylation is 1. The molecule has 1 aliphatic carbocycles. The fourth-order valence-corrected chi connectivity index (χ4v) is 5.38. The summed E-state index contributed by atoms with van der Waals surface area (Å²) in [5.41, 5.74) is 2.15. The summed E-state index contributed by atoms with van der Waals surface area (Å²) < 4.78 is 13.5. The van der Waals surface area contributed by atoms with Crippen molar-refractivity contribution in [1.82, 2.24) is 14.5 Å². The molecule has 6 nitrogen and oxygen atoms in total. The Morgan fingerprint density at radius 2 is 1.76 bits per heavy atom. The van der Waals surface area contributed by atoms with Gasteiger partial charge in [-0.25, -0.2) is 4.98 Å². The Hall–Kier alpha value is -3.02. The molecule has 1 amide bonds. The van der Waals surface area contributed by atoms with Crippen LogP contribution in [0.2, 0.25) is 0 Å². The van der Waals surface area contributed by atoms with Gasteiger partial charge in [-0.3, -0.25) is 4.79 Å². The highest BCUT2D eigenvalue weighted by Gasteiger charge is 2.37. The standard InChI is InChI=1S/C27H33N3O3/c1-32-22-12-14-23(15-13-22)33-17-7-16-29-25-11-6-5-10-24(25)28-27(29)20-18-26(31)30(19-20)21-8-3-2-4-9-21/h5-6,10-15,20-21H,2-4,7-9,16-19H2,1H3. The molecule has 2 heterocycles. The van der Waals surface area contributed by atoms with E-state index in [-0.39, 0.29) is 5.92 Å². The van der Waals surface area contributed by atoms with E-state index in [9.17, 15) is 4.79 Å². The highest BCUT2D eigenvalue weighted by Crippen LogP contribution is 2.34. The quantitative estimate of drug-likeness (QED) is 0.448. The molecule has 1 saturated heterocycles. The lowest BCUT2D eigenvalue weighted by atomic mass is 9.94. The lowest BCUT2D eigenvalue weighted by Crippen LogP contribution is -2.37. The Labute approximate surface area is 195 Å². The Balaban J connectivity index is 1.28. The first-order chi connectivity index (χ1) is 16.2. The Kier molecular flexibility index (Phi) is 6.51. The van der Waals surface area contributed by atoms with Crippen LogP contribution in [-0.4, -0.2) is 46.7 Å². The van der Waals surface area contributed by atoms with Gasteiger partial charge in [0.2, 0.25) is 5.91 Å². The van der Waals surface area contributed by atoms with Crippen LogP contribution in [0.4, 0.5) is 0 Å². The summed E-state index contributed by atoms with van der Waals surface area (Å²) in [6.07, 6.45) is 7.53. The zero-order chi connectivity index (χ0) is 22.6. The smallest absolute Gasteiger partial charge is 0.223 e. The fraction of sp³-hybridized carbons (Fsp3) is 0.481. The number of rotatable bonds is 8. The second-order valence-electron chi connectivity index (χ2n) is 9.23. The molecule has 2 fully saturated rings. The second-order valence-corrected chi connectivity index (χ2v) is 9.23. The lowest BCUT2D eigenvalue weighted by molar-refractivity contribution is -0.130. The van der Waals surface area contributed by atoms with Crippen LogP contribution in [-0.2, 0) is 11.3 Å². The highest BCUT2D eigenvalue weighted by atomic mass is 16.5. The second kappa shape index (κ2) is 9.86. The summed E-state index contributed by atoms with van der Waals surface area (Å²) in [6, 6.07) is 16.4. The number of hydrogen-bond acceptors (Lipinski definition) is 4. The molecule has 1 saturated carbocycles. The normalized spacial score (nSPS) is 19.4. The number of fused-ring (bicyclic) bond motifs is 1. The minimum absolute atomic E-state index is 0.161. The van der Waals surface area contributed by atoms with Crippen molar-refractivity contribution in [3.8, 4) is 11.5 Å². The number of likely N-dealkylation sites (tertiary alicyclic amines) is 1. The molecule has 2 aromatic carbocycles. The summed E-state index contributed by atoms with van der Waals surface area (Å²) >= 11 is 0. The van der Waals surface area contributed by atoms with Gasteiger partial charge in [0.25, 0.3) is 0 Å². The van der Waals surface area contributed by atoms with Crippen LogP contribution in [0, 0.1) is 0 Å². The number of carbonyl (C=O) groups excluding carboxylic acids is 1. The van der Waals surface area contributed by atoms with Crippen LogP contribution < -0.4 is 9.47 Å². The van der Waals surface area contributed by atoms with Gasteiger partial charge < -0.3 is 18.9 Å². The van der Waals surface area contributed by atoms with Gasteiger partial charge in [-0.1, -0.05) is 31.4 Å². The summed E-state index contributed by atoms with van der Waals surface area (Å²) in [4.78, 5) is 20.1. The summed E-state index contributed by atoms with van der Waals surface area (Å²) in [5.74, 6) is 3.18. The zero-order valence-electron chi connectivity index (χ0n) is 19.4. The Morgan fingerprint density at radius 1 is 1.00 bits per heavy atom. The molecule has 6 heteroatoms. The van der Waals surface area contributed by atoms with Crippen LogP contribution >= 0.6 is 0 Å². The van der Waals surface area contributed by atoms with E-state index >= 15 is 0 Å². The third-order valence-electron chi connectivity index (χ3n) is 7.08. The monoisotopic (exact) mass is 447 g/mol. The molecule has 2 aliphatic rings. The maximum absolute atomic E-state index is 12.9. The van der Waals surface area contributed by atoms with Gasteiger partial charge in [-0.2, -0.15) is 0 Å². The molecule has 0 N–H and O–H groups in total. The Bertz CT molecular complexity index is 1090. The van der Waals surface area contributed by atoms with Gasteiger partial charge in [0.1, 0.15) is 17.3 Å². The minimum atomic E-state index is 0.161. The van der Waals surface area contributed by atoms with Crippen LogP contribution in [0.1, 0.15) is 56.7 Å². The zero-order valence-corrected chi connectivity index (χ0v) is 19.4. The van der Waals surface area contributed by atoms with Crippen LogP contribution in [0.15, 0.2) is 48.5 Å². The first kappa shape index (κ1) is 21.8. The largest absolute Gasteiger partial charge is 0.497 e. The molecule has 5 rings (SSSR count). The number of imidazole rings is 1. The van der Waals surface area contributed by atoms with E-state index in [1.165, 1.54) is 19.3 Å². The molecule has 1 unspecified atom stereocenters. The van der Waals surface area contributed by atoms with E-state index in [0.717, 1.165) is 60.7 Å². The first-order valence-corrected chi connectivity index (χ1v) is 12.2. The minimum Gasteiger partial charge on any atom is -0.497 e. The van der Waals surface area contributed by atoms with Gasteiger partial charge in [-0.15, -0.1) is 0 Å². The number of carbonyl (C=O) groups is 1. The molecule has 1 aromatic heterocycles. The van der Waals surface area contributed by atoms with Crippen LogP contribution in [0.5, 0.6) is 11.5 Å². The van der Waals surface area contributed by atoms with Gasteiger partial charge >= 0.3 is 0 Å². The summed E-state index contributed by atoms with van der Waals surface area (Å²) in [7, 11) is 1.66. The summed E-state index contributed by atoms with van der Waals surface area (Å²) in [6.45, 7) is 2.24. The van der Waals surface area contributed by atoms with Gasteiger partial charge in [0.15, 0.2) is 0 Å². The number of aromatic nitrogens is 2. The number of benzene rings is 2. The predicted octanol–water partition coefficient (Wildman–Crippen LogP) is 5.16. The third kappa shape index (κ3) is 4.70. The van der Waals surface area contributed by atoms with E-state index in [0.29, 0.717) is 25.0 Å². The first-order valence-electron chi connectivity index (χ1n) is 12.2. The van der Waals surface area contributed by atoms with E-state index in [1.807, 2.05) is 30.3 Å². The van der Waals surface area contributed by atoms with Crippen molar-refractivity contribution in [3.05, 3.63) is 54.4 Å². The van der Waals surface area contributed by atoms with Crippen LogP contribution in [0.25, 0.3) is 11.0 Å². The maximum Gasteiger partial charge on any atom is 0.223 e. The number of amides is 1. The fourth-order valence-electron chi connectivity index (χ4n) is 5.38. The van der Waals surface area contributed by atoms with Gasteiger partial charge in [-0.05, 0) is 55.7 Å². The third-order valence-corrected chi connectivity index (χ3v) is 7.08. The molecule has 33 heavy (non-hydrogen) atoms. The number of hydrogen-bond donors (Lipinski definition) is 0. The Morgan fingerprint density at radius 3 is 2.55 bits per heavy atom. The molecular weight excluding hydrogens is 414 g/mol. The molecule has 0 radical (unpaired) electrons. The molecule has 1 aliphatic heterocycles.